The number of carbonyl (C=O) groups excluding carboxylic acids is 2. The lowest BCUT2D eigenvalue weighted by atomic mass is 9.98. The Morgan fingerprint density at radius 3 is 1.32 bits per heavy atom. The summed E-state index contributed by atoms with van der Waals surface area (Å²) >= 11 is 0. The molecule has 25 nitrogen and oxygen atoms in total. The molecule has 0 fully saturated rings. The molecule has 0 radical (unpaired) electrons. The van der Waals surface area contributed by atoms with Crippen LogP contribution in [0.1, 0.15) is 74.9 Å². The highest BCUT2D eigenvalue weighted by molar-refractivity contribution is 6.19. The molecule has 101 heavy (non-hydrogen) atoms. The summed E-state index contributed by atoms with van der Waals surface area (Å²) in [4.78, 5) is 80.8. The minimum absolute atomic E-state index is 0.00175. The third-order valence-corrected chi connectivity index (χ3v) is 18.8. The van der Waals surface area contributed by atoms with Crippen molar-refractivity contribution in [3.63, 3.8) is 0 Å². The predicted octanol–water partition coefficient (Wildman–Crippen LogP) is 12.6. The number of ketones is 1. The second kappa shape index (κ2) is 26.6. The van der Waals surface area contributed by atoms with E-state index >= 15 is 0 Å². The van der Waals surface area contributed by atoms with Gasteiger partial charge in [-0.3, -0.25) is 44.8 Å². The zero-order valence-corrected chi connectivity index (χ0v) is 56.0. The van der Waals surface area contributed by atoms with Crippen molar-refractivity contribution in [1.29, 1.82) is 0 Å². The fraction of sp³-hybridized carbons (Fsp3) is 0.171. The van der Waals surface area contributed by atoms with Crippen molar-refractivity contribution in [2.75, 3.05) is 26.2 Å². The van der Waals surface area contributed by atoms with Crippen LogP contribution in [-0.4, -0.2) is 133 Å². The molecule has 4 aromatic carbocycles. The fourth-order valence-corrected chi connectivity index (χ4v) is 13.2. The van der Waals surface area contributed by atoms with E-state index < -0.39 is 0 Å². The smallest absolute Gasteiger partial charge is 0.254 e. The number of carbonyl (C=O) groups is 2. The van der Waals surface area contributed by atoms with Crippen molar-refractivity contribution >= 4 is 99.4 Å². The first-order chi connectivity index (χ1) is 49.5. The zero-order valence-electron chi connectivity index (χ0n) is 56.0. The van der Waals surface area contributed by atoms with Crippen LogP contribution < -0.4 is 21.3 Å². The summed E-state index contributed by atoms with van der Waals surface area (Å²) in [7, 11) is 0. The number of nitrogens with one attached hydrogen (secondary N) is 10. The lowest BCUT2D eigenvalue weighted by Crippen LogP contribution is -2.36. The number of aromatic amines is 6. The van der Waals surface area contributed by atoms with Gasteiger partial charge in [0, 0.05) is 143 Å². The fourth-order valence-electron chi connectivity index (χ4n) is 13.2. The summed E-state index contributed by atoms with van der Waals surface area (Å²) in [5.74, 6) is 1.55. The lowest BCUT2D eigenvalue weighted by molar-refractivity contribution is 0.0878. The Bertz CT molecular complexity index is 5830. The zero-order chi connectivity index (χ0) is 68.8. The summed E-state index contributed by atoms with van der Waals surface area (Å²) in [5.41, 5.74) is 22.9. The molecule has 0 aliphatic carbocycles. The molecule has 0 spiro atoms. The highest BCUT2D eigenvalue weighted by Gasteiger charge is 2.28. The van der Waals surface area contributed by atoms with Crippen LogP contribution in [0, 0.1) is 20.8 Å². The number of imidazole rings is 3. The second-order valence-electron chi connectivity index (χ2n) is 24.8. The first kappa shape index (κ1) is 63.1. The number of fused-ring (bicyclic) bond motifs is 12. The van der Waals surface area contributed by atoms with Crippen LogP contribution in [0.25, 0.3) is 156 Å². The van der Waals surface area contributed by atoms with Gasteiger partial charge in [-0.1, -0.05) is 57.2 Å². The van der Waals surface area contributed by atoms with Crippen molar-refractivity contribution < 1.29 is 9.59 Å². The molecular formula is C76H67N23O2. The largest absolute Gasteiger partial charge is 0.344 e. The van der Waals surface area contributed by atoms with Gasteiger partial charge in [0.2, 0.25) is 0 Å². The van der Waals surface area contributed by atoms with Gasteiger partial charge in [0.15, 0.2) is 40.2 Å². The van der Waals surface area contributed by atoms with Gasteiger partial charge in [-0.05, 0) is 128 Å². The second-order valence-corrected chi connectivity index (χ2v) is 24.8. The maximum atomic E-state index is 12.5. The average molecular weight is 1330 g/mol. The van der Waals surface area contributed by atoms with E-state index in [1.54, 1.807) is 24.5 Å². The third kappa shape index (κ3) is 11.7. The number of hydrogen-bond donors (Lipinski definition) is 10. The average Bonchev–Trinajstić information content (AvgIpc) is 1.54. The van der Waals surface area contributed by atoms with Crippen molar-refractivity contribution in [3.8, 4) is 67.9 Å². The Kier molecular flexibility index (Phi) is 16.6. The van der Waals surface area contributed by atoms with Gasteiger partial charge < -0.3 is 36.2 Å². The molecule has 17 aromatic rings. The first-order valence-electron chi connectivity index (χ1n) is 33.4. The van der Waals surface area contributed by atoms with E-state index in [9.17, 15) is 9.59 Å². The molecule has 0 unspecified atom stereocenters. The quantitative estimate of drug-likeness (QED) is 0.0456. The van der Waals surface area contributed by atoms with Gasteiger partial charge in [-0.15, -0.1) is 0 Å². The summed E-state index contributed by atoms with van der Waals surface area (Å²) in [6.45, 7) is 17.7. The molecule has 1 aliphatic rings. The molecule has 13 aromatic heterocycles. The maximum absolute atomic E-state index is 12.5. The number of benzene rings is 4. The lowest BCUT2D eigenvalue weighted by Gasteiger charge is -2.15. The van der Waals surface area contributed by atoms with Crippen molar-refractivity contribution in [3.05, 3.63) is 198 Å². The van der Waals surface area contributed by atoms with E-state index in [2.05, 4.69) is 185 Å². The molecule has 0 atom stereocenters. The Hall–Kier alpha value is -12.7. The van der Waals surface area contributed by atoms with E-state index in [1.807, 2.05) is 92.2 Å². The number of aromatic nitrogens is 19. The minimum atomic E-state index is -0.304. The number of H-pyrrole nitrogens is 6. The maximum Gasteiger partial charge on any atom is 0.254 e. The van der Waals surface area contributed by atoms with Gasteiger partial charge >= 0.3 is 0 Å². The van der Waals surface area contributed by atoms with Gasteiger partial charge in [-0.25, -0.2) is 29.9 Å². The SMILES string of the molecule is CCNCc1cncc(-c2cnc3n[nH]c(-c4nc5c(ccc6ccccc65)[nH]4)c3c2)c1C.CCNCc1cncc(-c2cnc3n[nH]c(-c4nc5c(ccc6cnccc65)[nH]4)c3c2)c1C.CCNCc1cncc(-c2cnc3n[nH]c(-c4nc5c6c(ccc5[nH]4)C(=O)CNC6=O)c3c2)c1C. The normalized spacial score (nSPS) is 12.3. The molecule has 14 heterocycles. The summed E-state index contributed by atoms with van der Waals surface area (Å²) in [6, 6.07) is 28.2. The Morgan fingerprint density at radius 2 is 0.842 bits per heavy atom. The van der Waals surface area contributed by atoms with E-state index in [4.69, 9.17) is 9.97 Å². The molecule has 1 aliphatic heterocycles. The molecular weight excluding hydrogens is 1270 g/mol. The molecule has 0 saturated carbocycles. The van der Waals surface area contributed by atoms with E-state index in [1.165, 1.54) is 27.6 Å². The topological polar surface area (TPSA) is 345 Å². The molecule has 498 valence electrons. The van der Waals surface area contributed by atoms with Gasteiger partial charge in [0.25, 0.3) is 5.91 Å². The molecule has 1 amide bonds. The number of pyridine rings is 7. The molecule has 18 rings (SSSR count). The minimum Gasteiger partial charge on any atom is -0.344 e. The Balaban J connectivity index is 0.000000118. The monoisotopic (exact) mass is 1330 g/mol. The van der Waals surface area contributed by atoms with Crippen LogP contribution in [0.4, 0.5) is 0 Å². The highest BCUT2D eigenvalue weighted by Crippen LogP contribution is 2.37. The molecule has 0 saturated heterocycles. The van der Waals surface area contributed by atoms with Crippen molar-refractivity contribution in [2.24, 2.45) is 0 Å². The van der Waals surface area contributed by atoms with Crippen molar-refractivity contribution in [2.45, 2.75) is 61.2 Å². The van der Waals surface area contributed by atoms with E-state index in [0.29, 0.717) is 50.6 Å². The van der Waals surface area contributed by atoms with E-state index in [-0.39, 0.29) is 18.2 Å². The van der Waals surface area contributed by atoms with Gasteiger partial charge in [-0.2, -0.15) is 15.3 Å². The van der Waals surface area contributed by atoms with Crippen molar-refractivity contribution in [1.82, 2.24) is 117 Å². The van der Waals surface area contributed by atoms with Crippen LogP contribution in [0.5, 0.6) is 0 Å². The summed E-state index contributed by atoms with van der Waals surface area (Å²) in [6.07, 6.45) is 20.5. The van der Waals surface area contributed by atoms with Crippen LogP contribution >= 0.6 is 0 Å². The molecule has 25 heteroatoms. The summed E-state index contributed by atoms with van der Waals surface area (Å²) in [5, 5.41) is 42.2. The van der Waals surface area contributed by atoms with E-state index in [0.717, 1.165) is 161 Å². The van der Waals surface area contributed by atoms with Crippen LogP contribution in [0.3, 0.4) is 0 Å². The van der Waals surface area contributed by atoms with Crippen LogP contribution in [0.2, 0.25) is 0 Å². The van der Waals surface area contributed by atoms with Crippen LogP contribution in [-0.2, 0) is 19.6 Å². The predicted molar refractivity (Wildman–Crippen MR) is 392 cm³/mol. The van der Waals surface area contributed by atoms with Crippen LogP contribution in [0.15, 0.2) is 153 Å². The molecule has 10 N–H and O–H groups in total. The number of Topliss-reactive ketones (excluding diaryl/α,β-unsaturated/α-hetero) is 1. The molecule has 0 bridgehead atoms. The number of hydrogen-bond acceptors (Lipinski definition) is 18. The number of nitrogens with zero attached hydrogens (tertiary/aromatic N) is 13. The Morgan fingerprint density at radius 1 is 0.416 bits per heavy atom. The first-order valence-corrected chi connectivity index (χ1v) is 33.4. The standard InChI is InChI=1S/C26H23N7.C25H22N8O2.C25H22N8/c1-3-27-11-18-12-28-14-21(15(18)2)17-10-20-24(32-33-25(20)29-13-17)26-30-22-9-8-16-6-4-5-7-19(16)23(22)31-26;1-3-26-7-14-8-27-10-17(12(14)2)13-6-16-21(32-33-23(16)28-9-13)24-30-18-5-4-15-19(34)11-29-25(35)20(15)22(18)31-24;1-3-26-10-17-11-28-13-20(14(17)2)16-8-19-23(32-33-24(19)29-12-16)25-30-21-5-4-15-9-27-7-6-18(15)22(21)31-25/h4-10,12-14,27H,3,11H2,1-2H3,(H,30,31)(H,29,32,33);4-6,8-10,26H,3,7,11H2,1-2H3,(H,29,35)(H,30,31)(H,28,32,33);4-9,11-13,26H,3,10H2,1-2H3,(H,30,31)(H,29,32,33). The summed E-state index contributed by atoms with van der Waals surface area (Å²) < 4.78 is 0. The highest BCUT2D eigenvalue weighted by atomic mass is 16.2. The Labute approximate surface area is 575 Å². The van der Waals surface area contributed by atoms with Gasteiger partial charge in [0.05, 0.1) is 55.9 Å². The van der Waals surface area contributed by atoms with Gasteiger partial charge in [0.1, 0.15) is 22.6 Å². The number of rotatable bonds is 15. The number of amides is 1. The third-order valence-electron chi connectivity index (χ3n) is 18.8.